The van der Waals surface area contributed by atoms with Crippen LogP contribution in [0.1, 0.15) is 64.7 Å². The normalized spacial score (nSPS) is 17.5. The Morgan fingerprint density at radius 3 is 1.86 bits per heavy atom. The first-order valence-electron chi connectivity index (χ1n) is 14.1. The molecule has 0 saturated carbocycles. The van der Waals surface area contributed by atoms with Crippen molar-refractivity contribution in [2.45, 2.75) is 58.2 Å². The Kier molecular flexibility index (Phi) is 9.04. The molecule has 4 nitrogen and oxygen atoms in total. The van der Waals surface area contributed by atoms with E-state index in [1.165, 1.54) is 68.3 Å². The molecule has 0 spiro atoms. The number of hydrogen-bond acceptors (Lipinski definition) is 3. The van der Waals surface area contributed by atoms with Crippen LogP contribution in [0.3, 0.4) is 0 Å². The Bertz CT molecular complexity index is 1100. The zero-order valence-electron chi connectivity index (χ0n) is 22.1. The number of rotatable bonds is 9. The fraction of sp³-hybridized carbons (Fsp3) is 0.424. The van der Waals surface area contributed by atoms with E-state index in [0.29, 0.717) is 6.54 Å². The molecule has 4 heteroatoms. The summed E-state index contributed by atoms with van der Waals surface area (Å²) in [6.45, 7) is 7.28. The van der Waals surface area contributed by atoms with Gasteiger partial charge in [-0.3, -0.25) is 14.6 Å². The molecule has 2 aliphatic rings. The Morgan fingerprint density at radius 1 is 0.649 bits per heavy atom. The number of likely N-dealkylation sites (tertiary alicyclic amines) is 2. The van der Waals surface area contributed by atoms with E-state index in [0.717, 1.165) is 43.2 Å². The second kappa shape index (κ2) is 13.0. The topological polar surface area (TPSA) is 35.6 Å². The van der Waals surface area contributed by atoms with Gasteiger partial charge in [0.1, 0.15) is 0 Å². The first-order chi connectivity index (χ1) is 18.2. The van der Waals surface area contributed by atoms with Gasteiger partial charge in [0.05, 0.1) is 0 Å². The third-order valence-corrected chi connectivity index (χ3v) is 8.03. The molecule has 2 aliphatic heterocycles. The SMILES string of the molecule is O=C(NCc1ccc(CN2CCCCC2)cc1)c1ccc(CN2CCC(Cc3ccccc3)CC2)cc1. The van der Waals surface area contributed by atoms with Crippen molar-refractivity contribution in [3.05, 3.63) is 107 Å². The van der Waals surface area contributed by atoms with Gasteiger partial charge in [-0.15, -0.1) is 0 Å². The number of benzene rings is 3. The van der Waals surface area contributed by atoms with E-state index >= 15 is 0 Å². The van der Waals surface area contributed by atoms with E-state index in [9.17, 15) is 4.79 Å². The monoisotopic (exact) mass is 495 g/mol. The number of hydrogen-bond donors (Lipinski definition) is 1. The van der Waals surface area contributed by atoms with E-state index in [1.54, 1.807) is 0 Å². The number of piperidine rings is 2. The zero-order chi connectivity index (χ0) is 25.3. The van der Waals surface area contributed by atoms with Crippen LogP contribution >= 0.6 is 0 Å². The van der Waals surface area contributed by atoms with Crippen LogP contribution in [0.25, 0.3) is 0 Å². The number of carbonyl (C=O) groups is 1. The number of nitrogens with zero attached hydrogens (tertiary/aromatic N) is 2. The number of amides is 1. The molecule has 5 rings (SSSR count). The molecule has 2 fully saturated rings. The van der Waals surface area contributed by atoms with Gasteiger partial charge in [0.2, 0.25) is 0 Å². The molecule has 194 valence electrons. The quantitative estimate of drug-likeness (QED) is 0.392. The van der Waals surface area contributed by atoms with Gasteiger partial charge in [-0.1, -0.05) is 73.2 Å². The smallest absolute Gasteiger partial charge is 0.251 e. The molecule has 0 unspecified atom stereocenters. The highest BCUT2D eigenvalue weighted by Crippen LogP contribution is 2.23. The van der Waals surface area contributed by atoms with Crippen molar-refractivity contribution in [1.82, 2.24) is 15.1 Å². The fourth-order valence-electron chi connectivity index (χ4n) is 5.74. The molecule has 0 aromatic heterocycles. The lowest BCUT2D eigenvalue weighted by molar-refractivity contribution is 0.0951. The van der Waals surface area contributed by atoms with Crippen LogP contribution in [0, 0.1) is 5.92 Å². The zero-order valence-corrected chi connectivity index (χ0v) is 22.1. The van der Waals surface area contributed by atoms with Crippen molar-refractivity contribution in [3.63, 3.8) is 0 Å². The molecular formula is C33H41N3O. The highest BCUT2D eigenvalue weighted by atomic mass is 16.1. The van der Waals surface area contributed by atoms with E-state index in [-0.39, 0.29) is 5.91 Å². The maximum atomic E-state index is 12.7. The van der Waals surface area contributed by atoms with Crippen LogP contribution in [-0.4, -0.2) is 41.9 Å². The predicted octanol–water partition coefficient (Wildman–Crippen LogP) is 6.06. The maximum Gasteiger partial charge on any atom is 0.251 e. The van der Waals surface area contributed by atoms with Gasteiger partial charge in [0.15, 0.2) is 0 Å². The summed E-state index contributed by atoms with van der Waals surface area (Å²) in [6.07, 6.45) is 7.72. The Balaban J connectivity index is 1.03. The molecule has 0 aliphatic carbocycles. The maximum absolute atomic E-state index is 12.7. The van der Waals surface area contributed by atoms with Gasteiger partial charge < -0.3 is 5.32 Å². The Labute approximate surface area is 222 Å². The van der Waals surface area contributed by atoms with Crippen molar-refractivity contribution >= 4 is 5.91 Å². The van der Waals surface area contributed by atoms with Crippen molar-refractivity contribution in [1.29, 1.82) is 0 Å². The standard InChI is InChI=1S/C33H41N3O/c37-33(34-24-29-9-11-30(12-10-29)25-35-19-5-2-6-20-35)32-15-13-31(14-16-32)26-36-21-17-28(18-22-36)23-27-7-3-1-4-8-27/h1,3-4,7-16,28H,2,5-6,17-26H2,(H,34,37). The van der Waals surface area contributed by atoms with Gasteiger partial charge in [-0.05, 0) is 98.6 Å². The summed E-state index contributed by atoms with van der Waals surface area (Å²) in [7, 11) is 0. The summed E-state index contributed by atoms with van der Waals surface area (Å²) in [5, 5.41) is 3.08. The average Bonchev–Trinajstić information content (AvgIpc) is 2.95. The molecule has 0 radical (unpaired) electrons. The third kappa shape index (κ3) is 7.77. The van der Waals surface area contributed by atoms with Crippen LogP contribution in [0.5, 0.6) is 0 Å². The minimum atomic E-state index is -0.00864. The van der Waals surface area contributed by atoms with Crippen molar-refractivity contribution in [2.24, 2.45) is 5.92 Å². The number of nitrogens with one attached hydrogen (secondary N) is 1. The van der Waals surface area contributed by atoms with Crippen LogP contribution < -0.4 is 5.32 Å². The van der Waals surface area contributed by atoms with E-state index < -0.39 is 0 Å². The highest BCUT2D eigenvalue weighted by Gasteiger charge is 2.19. The molecule has 0 atom stereocenters. The molecule has 1 amide bonds. The van der Waals surface area contributed by atoms with Crippen LogP contribution in [0.2, 0.25) is 0 Å². The summed E-state index contributed by atoms with van der Waals surface area (Å²) < 4.78 is 0. The molecule has 3 aromatic carbocycles. The molecule has 3 aromatic rings. The Morgan fingerprint density at radius 2 is 1.22 bits per heavy atom. The lowest BCUT2D eigenvalue weighted by Crippen LogP contribution is -2.33. The number of carbonyl (C=O) groups excluding carboxylic acids is 1. The van der Waals surface area contributed by atoms with Crippen LogP contribution in [0.4, 0.5) is 0 Å². The lowest BCUT2D eigenvalue weighted by atomic mass is 9.90. The van der Waals surface area contributed by atoms with E-state index in [1.807, 2.05) is 12.1 Å². The lowest BCUT2D eigenvalue weighted by Gasteiger charge is -2.32. The second-order valence-corrected chi connectivity index (χ2v) is 10.9. The van der Waals surface area contributed by atoms with Crippen LogP contribution in [0.15, 0.2) is 78.9 Å². The van der Waals surface area contributed by atoms with E-state index in [4.69, 9.17) is 0 Å². The van der Waals surface area contributed by atoms with Crippen molar-refractivity contribution in [3.8, 4) is 0 Å². The van der Waals surface area contributed by atoms with Gasteiger partial charge in [-0.2, -0.15) is 0 Å². The first kappa shape index (κ1) is 25.7. The van der Waals surface area contributed by atoms with Gasteiger partial charge in [-0.25, -0.2) is 0 Å². The second-order valence-electron chi connectivity index (χ2n) is 10.9. The predicted molar refractivity (Wildman–Crippen MR) is 151 cm³/mol. The Hall–Kier alpha value is -2.95. The summed E-state index contributed by atoms with van der Waals surface area (Å²) in [6, 6.07) is 27.7. The highest BCUT2D eigenvalue weighted by molar-refractivity contribution is 5.94. The largest absolute Gasteiger partial charge is 0.348 e. The van der Waals surface area contributed by atoms with Gasteiger partial charge in [0.25, 0.3) is 5.91 Å². The van der Waals surface area contributed by atoms with E-state index in [2.05, 4.69) is 81.8 Å². The molecule has 37 heavy (non-hydrogen) atoms. The third-order valence-electron chi connectivity index (χ3n) is 8.03. The van der Waals surface area contributed by atoms with Gasteiger partial charge >= 0.3 is 0 Å². The molecule has 0 bridgehead atoms. The first-order valence-corrected chi connectivity index (χ1v) is 14.1. The molecule has 2 heterocycles. The summed E-state index contributed by atoms with van der Waals surface area (Å²) in [5.74, 6) is 0.779. The summed E-state index contributed by atoms with van der Waals surface area (Å²) in [4.78, 5) is 17.8. The summed E-state index contributed by atoms with van der Waals surface area (Å²) in [5.41, 5.74) is 5.96. The molecule has 2 saturated heterocycles. The van der Waals surface area contributed by atoms with Gasteiger partial charge in [0, 0.05) is 25.2 Å². The minimum absolute atomic E-state index is 0.00864. The summed E-state index contributed by atoms with van der Waals surface area (Å²) >= 11 is 0. The average molecular weight is 496 g/mol. The minimum Gasteiger partial charge on any atom is -0.348 e. The van der Waals surface area contributed by atoms with Crippen molar-refractivity contribution in [2.75, 3.05) is 26.2 Å². The fourth-order valence-corrected chi connectivity index (χ4v) is 5.74. The van der Waals surface area contributed by atoms with Crippen LogP contribution in [-0.2, 0) is 26.1 Å². The molecular weight excluding hydrogens is 454 g/mol. The molecule has 1 N–H and O–H groups in total. The van der Waals surface area contributed by atoms with Crippen molar-refractivity contribution < 1.29 is 4.79 Å².